The summed E-state index contributed by atoms with van der Waals surface area (Å²) >= 11 is 0. The van der Waals surface area contributed by atoms with E-state index < -0.39 is 11.4 Å². The molecule has 1 N–H and O–H groups in total. The Hall–Kier alpha value is -1.26. The number of likely N-dealkylation sites (tertiary alicyclic amines) is 1. The molecule has 0 aliphatic carbocycles. The highest BCUT2D eigenvalue weighted by Gasteiger charge is 2.38. The molecule has 0 aromatic rings. The Morgan fingerprint density at radius 3 is 2.11 bits per heavy atom. The average molecular weight is 270 g/mol. The van der Waals surface area contributed by atoms with Gasteiger partial charge >= 0.3 is 12.0 Å². The molecule has 1 aliphatic heterocycles. The third-order valence-electron chi connectivity index (χ3n) is 3.69. The second-order valence-corrected chi connectivity index (χ2v) is 7.05. The molecular weight excluding hydrogens is 244 g/mol. The Morgan fingerprint density at radius 1 is 1.26 bits per heavy atom. The van der Waals surface area contributed by atoms with E-state index in [9.17, 15) is 14.7 Å². The SMILES string of the molecule is CN(CC(C)(C)C)C(=O)N1CCC(C)(C(=O)O)CC1. The molecule has 0 spiro atoms. The third-order valence-corrected chi connectivity index (χ3v) is 3.69. The van der Waals surface area contributed by atoms with Crippen LogP contribution >= 0.6 is 0 Å². The van der Waals surface area contributed by atoms with E-state index in [1.165, 1.54) is 0 Å². The molecule has 1 fully saturated rings. The zero-order chi connectivity index (χ0) is 14.8. The minimum Gasteiger partial charge on any atom is -0.481 e. The number of aliphatic carboxylic acids is 1. The molecule has 5 nitrogen and oxygen atoms in total. The van der Waals surface area contributed by atoms with Gasteiger partial charge in [0.25, 0.3) is 0 Å². The van der Waals surface area contributed by atoms with Crippen LogP contribution in [0.4, 0.5) is 4.79 Å². The first-order valence-electron chi connectivity index (χ1n) is 6.79. The first-order chi connectivity index (χ1) is 8.55. The molecule has 1 saturated heterocycles. The number of hydrogen-bond acceptors (Lipinski definition) is 2. The highest BCUT2D eigenvalue weighted by Crippen LogP contribution is 2.31. The van der Waals surface area contributed by atoms with Crippen LogP contribution in [0.15, 0.2) is 0 Å². The van der Waals surface area contributed by atoms with E-state index >= 15 is 0 Å². The summed E-state index contributed by atoms with van der Waals surface area (Å²) in [6.07, 6.45) is 1.05. The van der Waals surface area contributed by atoms with Crippen molar-refractivity contribution in [3.8, 4) is 0 Å². The highest BCUT2D eigenvalue weighted by molar-refractivity contribution is 5.77. The van der Waals surface area contributed by atoms with Gasteiger partial charge in [-0.15, -0.1) is 0 Å². The molecule has 0 radical (unpaired) electrons. The Balaban J connectivity index is 2.56. The van der Waals surface area contributed by atoms with Gasteiger partial charge in [-0.3, -0.25) is 4.79 Å². The molecule has 5 heteroatoms. The van der Waals surface area contributed by atoms with Gasteiger partial charge in [0.1, 0.15) is 0 Å². The quantitative estimate of drug-likeness (QED) is 0.837. The molecule has 110 valence electrons. The van der Waals surface area contributed by atoms with Gasteiger partial charge in [0.05, 0.1) is 5.41 Å². The van der Waals surface area contributed by atoms with Crippen molar-refractivity contribution < 1.29 is 14.7 Å². The lowest BCUT2D eigenvalue weighted by Crippen LogP contribution is -2.50. The molecule has 2 amide bonds. The van der Waals surface area contributed by atoms with Crippen molar-refractivity contribution in [2.75, 3.05) is 26.7 Å². The fraction of sp³-hybridized carbons (Fsp3) is 0.857. The molecular formula is C14H26N2O3. The molecule has 0 bridgehead atoms. The third kappa shape index (κ3) is 4.11. The maximum Gasteiger partial charge on any atom is 0.319 e. The van der Waals surface area contributed by atoms with Crippen LogP contribution in [0.2, 0.25) is 0 Å². The molecule has 0 aromatic heterocycles. The molecule has 0 unspecified atom stereocenters. The molecule has 0 saturated carbocycles. The van der Waals surface area contributed by atoms with Gasteiger partial charge in [-0.2, -0.15) is 0 Å². The first kappa shape index (κ1) is 15.8. The summed E-state index contributed by atoms with van der Waals surface area (Å²) in [6, 6.07) is 0.00219. The average Bonchev–Trinajstić information content (AvgIpc) is 2.26. The minimum absolute atomic E-state index is 0.00219. The zero-order valence-electron chi connectivity index (χ0n) is 12.7. The van der Waals surface area contributed by atoms with Gasteiger partial charge in [-0.25, -0.2) is 4.79 Å². The maximum atomic E-state index is 12.3. The number of carbonyl (C=O) groups excluding carboxylic acids is 1. The smallest absolute Gasteiger partial charge is 0.319 e. The zero-order valence-corrected chi connectivity index (χ0v) is 12.7. The highest BCUT2D eigenvalue weighted by atomic mass is 16.4. The number of piperidine rings is 1. The lowest BCUT2D eigenvalue weighted by Gasteiger charge is -2.39. The normalized spacial score (nSPS) is 19.1. The first-order valence-corrected chi connectivity index (χ1v) is 6.79. The minimum atomic E-state index is -0.761. The van der Waals surface area contributed by atoms with Gasteiger partial charge in [0.2, 0.25) is 0 Å². The van der Waals surface area contributed by atoms with Crippen LogP contribution in [0.3, 0.4) is 0 Å². The maximum absolute atomic E-state index is 12.3. The molecule has 0 atom stereocenters. The van der Waals surface area contributed by atoms with Gasteiger partial charge in [-0.05, 0) is 25.2 Å². The number of nitrogens with zero attached hydrogens (tertiary/aromatic N) is 2. The van der Waals surface area contributed by atoms with Crippen LogP contribution in [0.5, 0.6) is 0 Å². The van der Waals surface area contributed by atoms with E-state index in [4.69, 9.17) is 0 Å². The fourth-order valence-corrected chi connectivity index (χ4v) is 2.43. The predicted octanol–water partition coefficient (Wildman–Crippen LogP) is 2.27. The number of hydrogen-bond donors (Lipinski definition) is 1. The van der Waals surface area contributed by atoms with Gasteiger partial charge in [0.15, 0.2) is 0 Å². The summed E-state index contributed by atoms with van der Waals surface area (Å²) in [5.41, 5.74) is -0.616. The summed E-state index contributed by atoms with van der Waals surface area (Å²) in [5.74, 6) is -0.761. The fourth-order valence-electron chi connectivity index (χ4n) is 2.43. The van der Waals surface area contributed by atoms with Crippen LogP contribution in [-0.4, -0.2) is 53.6 Å². The predicted molar refractivity (Wildman–Crippen MR) is 74.0 cm³/mol. The number of carboxylic acids is 1. The largest absolute Gasteiger partial charge is 0.481 e. The van der Waals surface area contributed by atoms with Crippen molar-refractivity contribution in [1.29, 1.82) is 0 Å². The second kappa shape index (κ2) is 5.39. The topological polar surface area (TPSA) is 60.9 Å². The van der Waals surface area contributed by atoms with Crippen LogP contribution in [0, 0.1) is 10.8 Å². The van der Waals surface area contributed by atoms with E-state index in [2.05, 4.69) is 20.8 Å². The van der Waals surface area contributed by atoms with Gasteiger partial charge in [-0.1, -0.05) is 20.8 Å². The van der Waals surface area contributed by atoms with Crippen LogP contribution in [0.25, 0.3) is 0 Å². The summed E-state index contributed by atoms with van der Waals surface area (Å²) in [4.78, 5) is 26.9. The summed E-state index contributed by atoms with van der Waals surface area (Å²) in [6.45, 7) is 9.78. The summed E-state index contributed by atoms with van der Waals surface area (Å²) < 4.78 is 0. The van der Waals surface area contributed by atoms with Crippen molar-refractivity contribution in [2.45, 2.75) is 40.5 Å². The van der Waals surface area contributed by atoms with Gasteiger partial charge in [0, 0.05) is 26.7 Å². The van der Waals surface area contributed by atoms with E-state index in [0.717, 1.165) is 0 Å². The Kier molecular flexibility index (Phi) is 4.48. The van der Waals surface area contributed by atoms with Gasteiger partial charge < -0.3 is 14.9 Å². The number of rotatable bonds is 2. The lowest BCUT2D eigenvalue weighted by molar-refractivity contribution is -0.150. The van der Waals surface area contributed by atoms with Crippen molar-refractivity contribution in [2.24, 2.45) is 10.8 Å². The van der Waals surface area contributed by atoms with Crippen LogP contribution < -0.4 is 0 Å². The van der Waals surface area contributed by atoms with E-state index in [1.807, 2.05) is 0 Å². The Labute approximate surface area is 115 Å². The number of amides is 2. The monoisotopic (exact) mass is 270 g/mol. The van der Waals surface area contributed by atoms with Crippen LogP contribution in [-0.2, 0) is 4.79 Å². The van der Waals surface area contributed by atoms with E-state index in [-0.39, 0.29) is 11.4 Å². The molecule has 19 heavy (non-hydrogen) atoms. The summed E-state index contributed by atoms with van der Waals surface area (Å²) in [7, 11) is 1.80. The molecule has 1 heterocycles. The Bertz CT molecular complexity index is 352. The molecule has 0 aromatic carbocycles. The lowest BCUT2D eigenvalue weighted by atomic mass is 9.80. The van der Waals surface area contributed by atoms with Crippen molar-refractivity contribution in [1.82, 2.24) is 9.80 Å². The molecule has 1 aliphatic rings. The summed E-state index contributed by atoms with van der Waals surface area (Å²) in [5, 5.41) is 9.17. The van der Waals surface area contributed by atoms with E-state index in [1.54, 1.807) is 23.8 Å². The Morgan fingerprint density at radius 2 is 1.74 bits per heavy atom. The van der Waals surface area contributed by atoms with Crippen molar-refractivity contribution in [3.63, 3.8) is 0 Å². The second-order valence-electron chi connectivity index (χ2n) is 7.05. The standard InChI is InChI=1S/C14H26N2O3/c1-13(2,3)10-15(5)12(19)16-8-6-14(4,7-9-16)11(17)18/h6-10H2,1-5H3,(H,17,18). The van der Waals surface area contributed by atoms with Crippen molar-refractivity contribution in [3.05, 3.63) is 0 Å². The molecule has 1 rings (SSSR count). The number of urea groups is 1. The number of carbonyl (C=O) groups is 2. The van der Waals surface area contributed by atoms with Crippen molar-refractivity contribution >= 4 is 12.0 Å². The number of carboxylic acid groups (broad SMARTS) is 1. The van der Waals surface area contributed by atoms with Crippen LogP contribution in [0.1, 0.15) is 40.5 Å². The van der Waals surface area contributed by atoms with E-state index in [0.29, 0.717) is 32.5 Å².